The molecule has 0 aliphatic heterocycles. The fourth-order valence-electron chi connectivity index (χ4n) is 3.49. The van der Waals surface area contributed by atoms with Gasteiger partial charge in [0.15, 0.2) is 0 Å². The highest BCUT2D eigenvalue weighted by molar-refractivity contribution is 5.17. The standard InChI is InChI=1S/C8H12/c1-4-5-2-3-6-7(4)8(5)6/h4-8H,2-3H2,1H3/t4-,5?,6?,7?,8?/m1/s1. The van der Waals surface area contributed by atoms with Crippen molar-refractivity contribution in [1.82, 2.24) is 0 Å². The topological polar surface area (TPSA) is 0 Å². The maximum atomic E-state index is 2.45. The Kier molecular flexibility index (Phi) is 0.427. The fraction of sp³-hybridized carbons (Fsp3) is 1.00. The lowest BCUT2D eigenvalue weighted by atomic mass is 9.72. The summed E-state index contributed by atoms with van der Waals surface area (Å²) in [6, 6.07) is 0. The van der Waals surface area contributed by atoms with Crippen LogP contribution in [0.5, 0.6) is 0 Å². The molecule has 0 heterocycles. The van der Waals surface area contributed by atoms with Crippen molar-refractivity contribution in [1.29, 1.82) is 0 Å². The highest BCUT2D eigenvalue weighted by Crippen LogP contribution is 2.75. The number of fused-ring (bicyclic) bond motifs is 1. The second kappa shape index (κ2) is 0.872. The number of hydrogen-bond acceptors (Lipinski definition) is 0. The molecule has 8 heavy (non-hydrogen) atoms. The van der Waals surface area contributed by atoms with Crippen molar-refractivity contribution in [2.24, 2.45) is 29.6 Å². The van der Waals surface area contributed by atoms with Gasteiger partial charge in [0, 0.05) is 0 Å². The van der Waals surface area contributed by atoms with Crippen LogP contribution in [0.15, 0.2) is 0 Å². The summed E-state index contributed by atoms with van der Waals surface area (Å²) >= 11 is 0. The van der Waals surface area contributed by atoms with E-state index in [0.29, 0.717) is 0 Å². The van der Waals surface area contributed by atoms with Gasteiger partial charge in [-0.25, -0.2) is 0 Å². The van der Waals surface area contributed by atoms with Crippen molar-refractivity contribution in [3.8, 4) is 0 Å². The van der Waals surface area contributed by atoms with Crippen molar-refractivity contribution in [3.05, 3.63) is 0 Å². The highest BCUT2D eigenvalue weighted by Gasteiger charge is 2.70. The van der Waals surface area contributed by atoms with Gasteiger partial charge < -0.3 is 0 Å². The van der Waals surface area contributed by atoms with E-state index in [-0.39, 0.29) is 0 Å². The van der Waals surface area contributed by atoms with Crippen molar-refractivity contribution in [2.75, 3.05) is 0 Å². The molecule has 0 amide bonds. The van der Waals surface area contributed by atoms with E-state index in [2.05, 4.69) is 6.92 Å². The molecule has 3 fully saturated rings. The van der Waals surface area contributed by atoms with Crippen molar-refractivity contribution in [3.63, 3.8) is 0 Å². The minimum atomic E-state index is 1.14. The van der Waals surface area contributed by atoms with Gasteiger partial charge >= 0.3 is 0 Å². The molecular weight excluding hydrogens is 96.1 g/mol. The summed E-state index contributed by atoms with van der Waals surface area (Å²) < 4.78 is 0. The quantitative estimate of drug-likeness (QED) is 0.444. The number of rotatable bonds is 0. The molecule has 3 saturated carbocycles. The molecule has 0 heteroatoms. The Hall–Kier alpha value is 0. The van der Waals surface area contributed by atoms with Crippen LogP contribution in [0.2, 0.25) is 0 Å². The van der Waals surface area contributed by atoms with Crippen molar-refractivity contribution in [2.45, 2.75) is 19.8 Å². The first-order chi connectivity index (χ1) is 3.89. The van der Waals surface area contributed by atoms with Gasteiger partial charge in [0.25, 0.3) is 0 Å². The Bertz CT molecular complexity index is 119. The SMILES string of the molecule is C[C@@H]1C2CCC3C2C31. The second-order valence-corrected chi connectivity index (χ2v) is 3.92. The zero-order chi connectivity index (χ0) is 5.30. The lowest BCUT2D eigenvalue weighted by molar-refractivity contribution is 0.157. The molecule has 4 unspecified atom stereocenters. The van der Waals surface area contributed by atoms with E-state index < -0.39 is 0 Å². The Labute approximate surface area is 50.3 Å². The van der Waals surface area contributed by atoms with Gasteiger partial charge in [0.05, 0.1) is 0 Å². The van der Waals surface area contributed by atoms with E-state index in [0.717, 1.165) is 5.92 Å². The Morgan fingerprint density at radius 1 is 1.00 bits per heavy atom. The first kappa shape index (κ1) is 3.92. The predicted molar refractivity (Wildman–Crippen MR) is 32.4 cm³/mol. The Morgan fingerprint density at radius 3 is 2.00 bits per heavy atom. The van der Waals surface area contributed by atoms with Gasteiger partial charge in [-0.3, -0.25) is 0 Å². The first-order valence-electron chi connectivity index (χ1n) is 3.89. The molecule has 0 bridgehead atoms. The molecule has 5 atom stereocenters. The van der Waals surface area contributed by atoms with Crippen LogP contribution in [0.1, 0.15) is 19.8 Å². The fourth-order valence-corrected chi connectivity index (χ4v) is 3.49. The van der Waals surface area contributed by atoms with Gasteiger partial charge in [-0.2, -0.15) is 0 Å². The van der Waals surface area contributed by atoms with Crippen LogP contribution in [0.4, 0.5) is 0 Å². The van der Waals surface area contributed by atoms with Gasteiger partial charge in [-0.1, -0.05) is 6.92 Å². The molecule has 3 rings (SSSR count). The van der Waals surface area contributed by atoms with Crippen LogP contribution >= 0.6 is 0 Å². The number of hydrogen-bond donors (Lipinski definition) is 0. The second-order valence-electron chi connectivity index (χ2n) is 3.92. The zero-order valence-electron chi connectivity index (χ0n) is 5.30. The summed E-state index contributed by atoms with van der Waals surface area (Å²) in [5.74, 6) is 6.05. The Morgan fingerprint density at radius 2 is 1.75 bits per heavy atom. The molecule has 0 spiro atoms. The van der Waals surface area contributed by atoms with Crippen LogP contribution in [-0.2, 0) is 0 Å². The summed E-state index contributed by atoms with van der Waals surface area (Å²) in [6.45, 7) is 2.45. The molecule has 0 aromatic carbocycles. The summed E-state index contributed by atoms with van der Waals surface area (Å²) in [6.07, 6.45) is 3.16. The van der Waals surface area contributed by atoms with E-state index >= 15 is 0 Å². The molecule has 44 valence electrons. The van der Waals surface area contributed by atoms with Crippen LogP contribution in [0, 0.1) is 29.6 Å². The smallest absolute Gasteiger partial charge is 0.0318 e. The minimum absolute atomic E-state index is 1.14. The molecule has 0 nitrogen and oxygen atoms in total. The molecule has 3 aliphatic carbocycles. The maximum absolute atomic E-state index is 2.45. The van der Waals surface area contributed by atoms with Gasteiger partial charge in [-0.05, 0) is 42.4 Å². The van der Waals surface area contributed by atoms with E-state index in [1.54, 1.807) is 12.8 Å². The summed E-state index contributed by atoms with van der Waals surface area (Å²) in [4.78, 5) is 0. The average Bonchev–Trinajstić information content (AvgIpc) is 2.30. The summed E-state index contributed by atoms with van der Waals surface area (Å²) in [5.41, 5.74) is 0. The molecule has 0 aromatic heterocycles. The van der Waals surface area contributed by atoms with Gasteiger partial charge in [0.2, 0.25) is 0 Å². The van der Waals surface area contributed by atoms with E-state index in [4.69, 9.17) is 0 Å². The molecule has 0 saturated heterocycles. The van der Waals surface area contributed by atoms with Gasteiger partial charge in [0.1, 0.15) is 0 Å². The molecule has 0 aromatic rings. The van der Waals surface area contributed by atoms with Crippen molar-refractivity contribution >= 4 is 0 Å². The van der Waals surface area contributed by atoms with E-state index in [9.17, 15) is 0 Å². The normalized spacial score (nSPS) is 73.9. The van der Waals surface area contributed by atoms with Crippen LogP contribution in [-0.4, -0.2) is 0 Å². The monoisotopic (exact) mass is 108 g/mol. The Balaban J connectivity index is 2.00. The lowest BCUT2D eigenvalue weighted by Crippen LogP contribution is -2.27. The first-order valence-corrected chi connectivity index (χ1v) is 3.89. The summed E-state index contributed by atoms with van der Waals surface area (Å²) in [5, 5.41) is 0. The zero-order valence-corrected chi connectivity index (χ0v) is 5.30. The average molecular weight is 108 g/mol. The minimum Gasteiger partial charge on any atom is -0.0619 e. The van der Waals surface area contributed by atoms with Crippen molar-refractivity contribution < 1.29 is 0 Å². The summed E-state index contributed by atoms with van der Waals surface area (Å²) in [7, 11) is 0. The maximum Gasteiger partial charge on any atom is -0.0318 e. The molecule has 3 aliphatic rings. The lowest BCUT2D eigenvalue weighted by Gasteiger charge is -2.33. The molecular formula is C8H12. The third kappa shape index (κ3) is 0.206. The molecule has 0 radical (unpaired) electrons. The van der Waals surface area contributed by atoms with E-state index in [1.807, 2.05) is 0 Å². The highest BCUT2D eigenvalue weighted by atomic mass is 14.7. The molecule has 0 N–H and O–H groups in total. The third-order valence-electron chi connectivity index (χ3n) is 3.90. The largest absolute Gasteiger partial charge is 0.0619 e. The van der Waals surface area contributed by atoms with Gasteiger partial charge in [-0.15, -0.1) is 0 Å². The van der Waals surface area contributed by atoms with Crippen LogP contribution in [0.3, 0.4) is 0 Å². The van der Waals surface area contributed by atoms with Crippen LogP contribution < -0.4 is 0 Å². The van der Waals surface area contributed by atoms with E-state index in [1.165, 1.54) is 23.7 Å². The third-order valence-corrected chi connectivity index (χ3v) is 3.90. The van der Waals surface area contributed by atoms with Crippen LogP contribution in [0.25, 0.3) is 0 Å². The predicted octanol–water partition coefficient (Wildman–Crippen LogP) is 1.91.